The van der Waals surface area contributed by atoms with Crippen LogP contribution in [0.1, 0.15) is 49.0 Å². The number of carbonyl (C=O) groups excluding carboxylic acids is 1. The predicted molar refractivity (Wildman–Crippen MR) is 82.5 cm³/mol. The molecule has 1 aliphatic rings. The van der Waals surface area contributed by atoms with Crippen molar-refractivity contribution in [1.82, 2.24) is 15.1 Å². The molecular weight excluding hydrogens is 281 g/mol. The van der Waals surface area contributed by atoms with Crippen LogP contribution in [0.25, 0.3) is 5.69 Å². The maximum Gasteiger partial charge on any atom is 0.272 e. The minimum atomic E-state index is -0.360. The molecule has 1 heterocycles. The molecule has 0 unspecified atom stereocenters. The molecule has 1 aliphatic carbocycles. The molecule has 1 aromatic heterocycles. The Morgan fingerprint density at radius 3 is 2.59 bits per heavy atom. The quantitative estimate of drug-likeness (QED) is 0.882. The molecule has 3 rings (SSSR count). The number of hydrogen-bond donors (Lipinski definition) is 1. The average Bonchev–Trinajstić information content (AvgIpc) is 2.87. The molecule has 4 nitrogen and oxygen atoms in total. The Bertz CT molecular complexity index is 645. The topological polar surface area (TPSA) is 46.9 Å². The van der Waals surface area contributed by atoms with Crippen molar-refractivity contribution in [2.45, 2.75) is 44.6 Å². The van der Waals surface area contributed by atoms with Crippen LogP contribution in [0.5, 0.6) is 0 Å². The zero-order valence-electron chi connectivity index (χ0n) is 12.5. The second-order valence-corrected chi connectivity index (χ2v) is 5.76. The fraction of sp³-hybridized carbons (Fsp3) is 0.412. The minimum Gasteiger partial charge on any atom is -0.348 e. The fourth-order valence-corrected chi connectivity index (χ4v) is 2.90. The second kappa shape index (κ2) is 6.73. The first-order chi connectivity index (χ1) is 10.7. The molecule has 0 atom stereocenters. The highest BCUT2D eigenvalue weighted by Gasteiger charge is 2.17. The number of carbonyl (C=O) groups is 1. The van der Waals surface area contributed by atoms with Gasteiger partial charge in [-0.25, -0.2) is 9.07 Å². The zero-order valence-corrected chi connectivity index (χ0v) is 12.5. The summed E-state index contributed by atoms with van der Waals surface area (Å²) in [6.45, 7) is 0. The Morgan fingerprint density at radius 2 is 1.86 bits per heavy atom. The smallest absolute Gasteiger partial charge is 0.272 e. The van der Waals surface area contributed by atoms with Crippen molar-refractivity contribution in [3.8, 4) is 5.69 Å². The number of hydrogen-bond acceptors (Lipinski definition) is 2. The van der Waals surface area contributed by atoms with Crippen molar-refractivity contribution < 1.29 is 9.18 Å². The number of nitrogens with zero attached hydrogens (tertiary/aromatic N) is 2. The molecule has 0 bridgehead atoms. The van der Waals surface area contributed by atoms with Crippen LogP contribution in [-0.4, -0.2) is 21.7 Å². The first-order valence-corrected chi connectivity index (χ1v) is 7.85. The van der Waals surface area contributed by atoms with Gasteiger partial charge >= 0.3 is 0 Å². The van der Waals surface area contributed by atoms with Crippen LogP contribution in [0.4, 0.5) is 4.39 Å². The van der Waals surface area contributed by atoms with Crippen molar-refractivity contribution >= 4 is 5.91 Å². The zero-order chi connectivity index (χ0) is 15.4. The van der Waals surface area contributed by atoms with E-state index in [0.717, 1.165) is 25.7 Å². The van der Waals surface area contributed by atoms with Gasteiger partial charge < -0.3 is 5.32 Å². The molecular formula is C17H20FN3O. The van der Waals surface area contributed by atoms with E-state index in [4.69, 9.17) is 0 Å². The third-order valence-corrected chi connectivity index (χ3v) is 4.11. The number of rotatable bonds is 3. The van der Waals surface area contributed by atoms with Gasteiger partial charge in [-0.1, -0.05) is 37.8 Å². The average molecular weight is 301 g/mol. The SMILES string of the molecule is O=C(NC1CCCCCC1)c1ccn(-c2ccccc2F)n1. The van der Waals surface area contributed by atoms with E-state index in [1.165, 1.54) is 23.6 Å². The molecule has 1 fully saturated rings. The normalized spacial score (nSPS) is 16.2. The summed E-state index contributed by atoms with van der Waals surface area (Å²) in [6, 6.07) is 8.23. The maximum atomic E-state index is 13.7. The van der Waals surface area contributed by atoms with Gasteiger partial charge in [-0.15, -0.1) is 0 Å². The number of nitrogens with one attached hydrogen (secondary N) is 1. The van der Waals surface area contributed by atoms with Crippen LogP contribution in [0.2, 0.25) is 0 Å². The van der Waals surface area contributed by atoms with Crippen LogP contribution in [0.3, 0.4) is 0 Å². The molecule has 5 heteroatoms. The highest BCUT2D eigenvalue weighted by molar-refractivity contribution is 5.92. The summed E-state index contributed by atoms with van der Waals surface area (Å²) in [5.41, 5.74) is 0.670. The Morgan fingerprint density at radius 1 is 1.14 bits per heavy atom. The summed E-state index contributed by atoms with van der Waals surface area (Å²) in [4.78, 5) is 12.3. The molecule has 1 amide bonds. The summed E-state index contributed by atoms with van der Waals surface area (Å²) in [5, 5.41) is 7.24. The largest absolute Gasteiger partial charge is 0.348 e. The van der Waals surface area contributed by atoms with Crippen LogP contribution < -0.4 is 5.32 Å². The second-order valence-electron chi connectivity index (χ2n) is 5.76. The van der Waals surface area contributed by atoms with E-state index in [2.05, 4.69) is 10.4 Å². The first kappa shape index (κ1) is 14.8. The Labute approximate surface area is 129 Å². The van der Waals surface area contributed by atoms with Crippen molar-refractivity contribution in [2.75, 3.05) is 0 Å². The lowest BCUT2D eigenvalue weighted by molar-refractivity contribution is 0.0928. The Balaban J connectivity index is 1.70. The highest BCUT2D eigenvalue weighted by Crippen LogP contribution is 2.18. The number of amides is 1. The van der Waals surface area contributed by atoms with Gasteiger partial charge in [-0.2, -0.15) is 5.10 Å². The molecule has 0 aliphatic heterocycles. The Hall–Kier alpha value is -2.17. The van der Waals surface area contributed by atoms with E-state index in [-0.39, 0.29) is 17.8 Å². The molecule has 22 heavy (non-hydrogen) atoms. The molecule has 1 aromatic carbocycles. The van der Waals surface area contributed by atoms with E-state index in [1.54, 1.807) is 30.5 Å². The molecule has 0 saturated heterocycles. The predicted octanol–water partition coefficient (Wildman–Crippen LogP) is 3.46. The third kappa shape index (κ3) is 3.35. The van der Waals surface area contributed by atoms with Crippen molar-refractivity contribution in [2.24, 2.45) is 0 Å². The monoisotopic (exact) mass is 301 g/mol. The molecule has 0 radical (unpaired) electrons. The fourth-order valence-electron chi connectivity index (χ4n) is 2.90. The molecule has 1 saturated carbocycles. The summed E-state index contributed by atoms with van der Waals surface area (Å²) in [6.07, 6.45) is 8.48. The van der Waals surface area contributed by atoms with Gasteiger partial charge in [0.1, 0.15) is 11.5 Å². The minimum absolute atomic E-state index is 0.179. The summed E-state index contributed by atoms with van der Waals surface area (Å²) < 4.78 is 15.1. The van der Waals surface area contributed by atoms with Gasteiger partial charge in [-0.05, 0) is 31.0 Å². The van der Waals surface area contributed by atoms with Gasteiger partial charge in [-0.3, -0.25) is 4.79 Å². The van der Waals surface area contributed by atoms with E-state index >= 15 is 0 Å². The number of aromatic nitrogens is 2. The standard InChI is InChI=1S/C17H20FN3O/c18-14-9-5-6-10-16(14)21-12-11-15(20-21)17(22)19-13-7-3-1-2-4-8-13/h5-6,9-13H,1-4,7-8H2,(H,19,22). The third-order valence-electron chi connectivity index (χ3n) is 4.11. The van der Waals surface area contributed by atoms with Gasteiger partial charge in [0, 0.05) is 12.2 Å². The van der Waals surface area contributed by atoms with Crippen LogP contribution in [-0.2, 0) is 0 Å². The number of benzene rings is 1. The number of para-hydroxylation sites is 1. The lowest BCUT2D eigenvalue weighted by Crippen LogP contribution is -2.34. The van der Waals surface area contributed by atoms with Crippen LogP contribution in [0, 0.1) is 5.82 Å². The van der Waals surface area contributed by atoms with E-state index < -0.39 is 0 Å². The molecule has 116 valence electrons. The summed E-state index contributed by atoms with van der Waals surface area (Å²) in [5.74, 6) is -0.539. The van der Waals surface area contributed by atoms with E-state index in [9.17, 15) is 9.18 Å². The molecule has 1 N–H and O–H groups in total. The van der Waals surface area contributed by atoms with Gasteiger partial charge in [0.25, 0.3) is 5.91 Å². The van der Waals surface area contributed by atoms with E-state index in [0.29, 0.717) is 11.4 Å². The molecule has 2 aromatic rings. The lowest BCUT2D eigenvalue weighted by atomic mass is 10.1. The molecule has 0 spiro atoms. The van der Waals surface area contributed by atoms with Crippen LogP contribution >= 0.6 is 0 Å². The highest BCUT2D eigenvalue weighted by atomic mass is 19.1. The van der Waals surface area contributed by atoms with Gasteiger partial charge in [0.15, 0.2) is 5.69 Å². The van der Waals surface area contributed by atoms with Crippen LogP contribution in [0.15, 0.2) is 36.5 Å². The van der Waals surface area contributed by atoms with Crippen molar-refractivity contribution in [1.29, 1.82) is 0 Å². The van der Waals surface area contributed by atoms with Gasteiger partial charge in [0.2, 0.25) is 0 Å². The lowest BCUT2D eigenvalue weighted by Gasteiger charge is -2.15. The first-order valence-electron chi connectivity index (χ1n) is 7.85. The van der Waals surface area contributed by atoms with Crippen molar-refractivity contribution in [3.05, 3.63) is 48.0 Å². The summed E-state index contributed by atoms with van der Waals surface area (Å²) in [7, 11) is 0. The van der Waals surface area contributed by atoms with E-state index in [1.807, 2.05) is 0 Å². The summed E-state index contributed by atoms with van der Waals surface area (Å²) >= 11 is 0. The number of halogens is 1. The van der Waals surface area contributed by atoms with Crippen molar-refractivity contribution in [3.63, 3.8) is 0 Å². The van der Waals surface area contributed by atoms with Gasteiger partial charge in [0.05, 0.1) is 0 Å². The maximum absolute atomic E-state index is 13.7. The Kier molecular flexibility index (Phi) is 4.51.